The molecule has 2 nitrogen and oxygen atoms in total. The Morgan fingerprint density at radius 1 is 1.57 bits per heavy atom. The predicted molar refractivity (Wildman–Crippen MR) is 53.9 cm³/mol. The molecule has 1 rings (SSSR count). The molecule has 0 spiro atoms. The van der Waals surface area contributed by atoms with E-state index in [0.717, 1.165) is 0 Å². The zero-order valence-electron chi connectivity index (χ0n) is 7.37. The van der Waals surface area contributed by atoms with Gasteiger partial charge in [0.15, 0.2) is 0 Å². The molecule has 1 N–H and O–H groups in total. The molecule has 0 radical (unpaired) electrons. The van der Waals surface area contributed by atoms with Crippen molar-refractivity contribution in [2.75, 3.05) is 0 Å². The normalized spacial score (nSPS) is 12.1. The number of aliphatic hydroxyl groups excluding tert-OH is 1. The zero-order valence-corrected chi connectivity index (χ0v) is 8.96. The molecule has 74 valence electrons. The summed E-state index contributed by atoms with van der Waals surface area (Å²) in [6.07, 6.45) is -0.0448. The van der Waals surface area contributed by atoms with E-state index in [0.29, 0.717) is 16.5 Å². The Morgan fingerprint density at radius 3 is 2.86 bits per heavy atom. The van der Waals surface area contributed by atoms with Gasteiger partial charge in [0, 0.05) is 6.42 Å². The highest BCUT2D eigenvalue weighted by atomic mass is 79.9. The maximum Gasteiger partial charge on any atom is 0.137 e. The topological polar surface area (TPSA) is 44.0 Å². The van der Waals surface area contributed by atoms with E-state index >= 15 is 0 Å². The summed E-state index contributed by atoms with van der Waals surface area (Å²) < 4.78 is 13.2. The molecule has 0 aliphatic rings. The van der Waals surface area contributed by atoms with Gasteiger partial charge in [0.05, 0.1) is 16.6 Å². The van der Waals surface area contributed by atoms with E-state index < -0.39 is 6.10 Å². The second-order valence-corrected chi connectivity index (χ2v) is 3.74. The Hall–Kier alpha value is -0.920. The summed E-state index contributed by atoms with van der Waals surface area (Å²) in [5.41, 5.74) is 0.619. The van der Waals surface area contributed by atoms with Crippen LogP contribution in [0.15, 0.2) is 22.7 Å². The van der Waals surface area contributed by atoms with E-state index in [2.05, 4.69) is 15.9 Å². The van der Waals surface area contributed by atoms with Crippen LogP contribution in [0.5, 0.6) is 0 Å². The van der Waals surface area contributed by atoms with Crippen molar-refractivity contribution in [3.05, 3.63) is 34.1 Å². The first-order valence-electron chi connectivity index (χ1n) is 4.15. The maximum absolute atomic E-state index is 12.8. The summed E-state index contributed by atoms with van der Waals surface area (Å²) in [7, 11) is 0. The number of nitriles is 1. The maximum atomic E-state index is 12.8. The van der Waals surface area contributed by atoms with Crippen molar-refractivity contribution < 1.29 is 9.50 Å². The molecule has 0 aliphatic carbocycles. The lowest BCUT2D eigenvalue weighted by Crippen LogP contribution is -1.97. The molecule has 1 aromatic carbocycles. The second-order valence-electron chi connectivity index (χ2n) is 2.89. The van der Waals surface area contributed by atoms with Crippen LogP contribution < -0.4 is 0 Å². The van der Waals surface area contributed by atoms with Crippen molar-refractivity contribution in [2.45, 2.75) is 18.9 Å². The first kappa shape index (κ1) is 11.2. The van der Waals surface area contributed by atoms with Crippen LogP contribution in [0.25, 0.3) is 0 Å². The molecule has 0 saturated carbocycles. The third-order valence-corrected chi connectivity index (χ3v) is 2.47. The standard InChI is InChI=1S/C10H9BrFNO/c11-8-6-7(3-4-9(8)12)10(14)2-1-5-13/h3-4,6,10,14H,1-2H2. The summed E-state index contributed by atoms with van der Waals surface area (Å²) in [6.45, 7) is 0. The van der Waals surface area contributed by atoms with Crippen LogP contribution in [0.2, 0.25) is 0 Å². The zero-order chi connectivity index (χ0) is 10.6. The minimum absolute atomic E-state index is 0.288. The van der Waals surface area contributed by atoms with E-state index in [1.165, 1.54) is 18.2 Å². The SMILES string of the molecule is N#CCCC(O)c1ccc(F)c(Br)c1. The summed E-state index contributed by atoms with van der Waals surface area (Å²) in [5.74, 6) is -0.360. The molecule has 1 aromatic rings. The fourth-order valence-electron chi connectivity index (χ4n) is 1.09. The Kier molecular flexibility index (Phi) is 4.05. The van der Waals surface area contributed by atoms with Crippen LogP contribution in [0, 0.1) is 17.1 Å². The van der Waals surface area contributed by atoms with Crippen molar-refractivity contribution >= 4 is 15.9 Å². The highest BCUT2D eigenvalue weighted by Gasteiger charge is 2.09. The molecule has 0 amide bonds. The molecular formula is C10H9BrFNO. The van der Waals surface area contributed by atoms with Crippen molar-refractivity contribution in [1.29, 1.82) is 5.26 Å². The molecule has 4 heteroatoms. The first-order chi connectivity index (χ1) is 6.65. The average molecular weight is 258 g/mol. The fraction of sp³-hybridized carbons (Fsp3) is 0.300. The summed E-state index contributed by atoms with van der Waals surface area (Å²) in [4.78, 5) is 0. The monoisotopic (exact) mass is 257 g/mol. The summed E-state index contributed by atoms with van der Waals surface area (Å²) in [5, 5.41) is 17.9. The Balaban J connectivity index is 2.76. The number of hydrogen-bond donors (Lipinski definition) is 1. The van der Waals surface area contributed by atoms with Gasteiger partial charge in [-0.2, -0.15) is 5.26 Å². The number of nitrogens with zero attached hydrogens (tertiary/aromatic N) is 1. The lowest BCUT2D eigenvalue weighted by Gasteiger charge is -2.09. The van der Waals surface area contributed by atoms with Gasteiger partial charge in [-0.3, -0.25) is 0 Å². The fourth-order valence-corrected chi connectivity index (χ4v) is 1.48. The van der Waals surface area contributed by atoms with Crippen LogP contribution in [-0.2, 0) is 0 Å². The second kappa shape index (κ2) is 5.08. The van der Waals surface area contributed by atoms with Gasteiger partial charge in [0.2, 0.25) is 0 Å². The molecular weight excluding hydrogens is 249 g/mol. The van der Waals surface area contributed by atoms with Gasteiger partial charge in [-0.15, -0.1) is 0 Å². The summed E-state index contributed by atoms with van der Waals surface area (Å²) >= 11 is 3.03. The average Bonchev–Trinajstić information content (AvgIpc) is 2.18. The van der Waals surface area contributed by atoms with Gasteiger partial charge in [-0.05, 0) is 40.0 Å². The van der Waals surface area contributed by atoms with Crippen molar-refractivity contribution in [3.63, 3.8) is 0 Å². The lowest BCUT2D eigenvalue weighted by molar-refractivity contribution is 0.169. The highest BCUT2D eigenvalue weighted by molar-refractivity contribution is 9.10. The largest absolute Gasteiger partial charge is 0.388 e. The minimum Gasteiger partial charge on any atom is -0.388 e. The number of benzene rings is 1. The van der Waals surface area contributed by atoms with Crippen molar-refractivity contribution in [1.82, 2.24) is 0 Å². The predicted octanol–water partition coefficient (Wildman–Crippen LogP) is 2.93. The molecule has 1 atom stereocenters. The number of aliphatic hydroxyl groups is 1. The molecule has 0 heterocycles. The highest BCUT2D eigenvalue weighted by Crippen LogP contribution is 2.23. The van der Waals surface area contributed by atoms with E-state index in [1.54, 1.807) is 0 Å². The summed E-state index contributed by atoms with van der Waals surface area (Å²) in [6, 6.07) is 6.28. The van der Waals surface area contributed by atoms with Crippen molar-refractivity contribution in [2.24, 2.45) is 0 Å². The molecule has 1 unspecified atom stereocenters. The van der Waals surface area contributed by atoms with Crippen LogP contribution in [-0.4, -0.2) is 5.11 Å². The van der Waals surface area contributed by atoms with Gasteiger partial charge in [-0.1, -0.05) is 6.07 Å². The quantitative estimate of drug-likeness (QED) is 0.905. The van der Waals surface area contributed by atoms with Gasteiger partial charge in [-0.25, -0.2) is 4.39 Å². The van der Waals surface area contributed by atoms with Crippen molar-refractivity contribution in [3.8, 4) is 6.07 Å². The van der Waals surface area contributed by atoms with Crippen LogP contribution in [0.3, 0.4) is 0 Å². The van der Waals surface area contributed by atoms with Gasteiger partial charge in [0.25, 0.3) is 0 Å². The number of rotatable bonds is 3. The molecule has 0 bridgehead atoms. The molecule has 0 aromatic heterocycles. The van der Waals surface area contributed by atoms with E-state index in [-0.39, 0.29) is 12.2 Å². The molecule has 0 aliphatic heterocycles. The molecule has 0 saturated heterocycles. The van der Waals surface area contributed by atoms with Crippen LogP contribution in [0.4, 0.5) is 4.39 Å². The Bertz CT molecular complexity index is 362. The van der Waals surface area contributed by atoms with Crippen LogP contribution >= 0.6 is 15.9 Å². The van der Waals surface area contributed by atoms with Gasteiger partial charge >= 0.3 is 0 Å². The third-order valence-electron chi connectivity index (χ3n) is 1.86. The molecule has 0 fully saturated rings. The Morgan fingerprint density at radius 2 is 2.29 bits per heavy atom. The van der Waals surface area contributed by atoms with Gasteiger partial charge in [0.1, 0.15) is 5.82 Å². The van der Waals surface area contributed by atoms with E-state index in [1.807, 2.05) is 6.07 Å². The third kappa shape index (κ3) is 2.79. The lowest BCUT2D eigenvalue weighted by atomic mass is 10.1. The molecule has 14 heavy (non-hydrogen) atoms. The van der Waals surface area contributed by atoms with Gasteiger partial charge < -0.3 is 5.11 Å². The number of halogens is 2. The van der Waals surface area contributed by atoms with E-state index in [9.17, 15) is 9.50 Å². The minimum atomic E-state index is -0.702. The number of hydrogen-bond acceptors (Lipinski definition) is 2. The smallest absolute Gasteiger partial charge is 0.137 e. The van der Waals surface area contributed by atoms with E-state index in [4.69, 9.17) is 5.26 Å². The Labute approximate surface area is 90.1 Å². The van der Waals surface area contributed by atoms with Crippen LogP contribution in [0.1, 0.15) is 24.5 Å². The first-order valence-corrected chi connectivity index (χ1v) is 4.94.